The third kappa shape index (κ3) is 6.67. The van der Waals surface area contributed by atoms with Crippen molar-refractivity contribution in [2.75, 3.05) is 0 Å². The Balaban J connectivity index is 1.62. The van der Waals surface area contributed by atoms with Crippen molar-refractivity contribution < 1.29 is 23.2 Å². The van der Waals surface area contributed by atoms with Crippen molar-refractivity contribution in [1.29, 1.82) is 0 Å². The van der Waals surface area contributed by atoms with Crippen LogP contribution < -0.4 is 0 Å². The lowest BCUT2D eigenvalue weighted by atomic mass is 9.80. The van der Waals surface area contributed by atoms with Gasteiger partial charge in [0, 0.05) is 34.4 Å². The average Bonchev–Trinajstić information content (AvgIpc) is 2.72. The van der Waals surface area contributed by atoms with Gasteiger partial charge in [-0.15, -0.1) is 10.3 Å². The number of carbonyl (C=O) groups excluding carboxylic acids is 1. The number of ether oxygens (including phenoxy) is 1. The summed E-state index contributed by atoms with van der Waals surface area (Å²) >= 11 is 5.83. The van der Waals surface area contributed by atoms with Crippen LogP contribution in [0.2, 0.25) is 5.02 Å². The number of hydrogen-bond donors (Lipinski definition) is 0. The number of rotatable bonds is 6. The molecule has 8 heteroatoms. The summed E-state index contributed by atoms with van der Waals surface area (Å²) in [6.45, 7) is 7.40. The van der Waals surface area contributed by atoms with Gasteiger partial charge in [0.25, 0.3) is 0 Å². The minimum absolute atomic E-state index is 0.125. The average molecular weight is 491 g/mol. The van der Waals surface area contributed by atoms with E-state index in [1.54, 1.807) is 48.5 Å². The summed E-state index contributed by atoms with van der Waals surface area (Å²) in [6.07, 6.45) is 2.05. The first kappa shape index (κ1) is 25.4. The highest BCUT2D eigenvalue weighted by Gasteiger charge is 2.47. The number of halogens is 1. The van der Waals surface area contributed by atoms with Crippen LogP contribution in [0.3, 0.4) is 0 Å². The topological polar surface area (TPSA) is 83.6 Å². The Morgan fingerprint density at radius 1 is 1.03 bits per heavy atom. The predicted molar refractivity (Wildman–Crippen MR) is 129 cm³/mol. The summed E-state index contributed by atoms with van der Waals surface area (Å²) in [5.41, 5.74) is 0.415. The van der Waals surface area contributed by atoms with Crippen LogP contribution in [0.5, 0.6) is 0 Å². The molecule has 0 saturated carbocycles. The van der Waals surface area contributed by atoms with Gasteiger partial charge >= 0.3 is 5.97 Å². The van der Waals surface area contributed by atoms with Gasteiger partial charge in [0.2, 0.25) is 0 Å². The number of nitrogens with zero attached hydrogens (tertiary/aromatic N) is 1. The molecule has 1 aliphatic rings. The van der Waals surface area contributed by atoms with Crippen molar-refractivity contribution in [2.45, 2.75) is 63.5 Å². The maximum Gasteiger partial charge on any atom is 0.338 e. The van der Waals surface area contributed by atoms with Gasteiger partial charge in [0.15, 0.2) is 9.84 Å². The molecule has 0 spiro atoms. The molecule has 0 amide bonds. The largest absolute Gasteiger partial charge is 0.459 e. The minimum Gasteiger partial charge on any atom is -0.459 e. The number of hydrogen-bond acceptors (Lipinski definition) is 5. The van der Waals surface area contributed by atoms with Gasteiger partial charge in [0.05, 0.1) is 11.3 Å². The van der Waals surface area contributed by atoms with E-state index < -0.39 is 26.9 Å². The molecule has 6 nitrogen and oxygen atoms in total. The van der Waals surface area contributed by atoms with Crippen LogP contribution in [0, 0.1) is 0 Å². The fraction of sp³-hybridized carbons (Fsp3) is 0.400. The van der Waals surface area contributed by atoms with Crippen molar-refractivity contribution >= 4 is 33.5 Å². The first-order chi connectivity index (χ1) is 15.3. The zero-order valence-electron chi connectivity index (χ0n) is 19.2. The molecule has 1 aliphatic heterocycles. The van der Waals surface area contributed by atoms with Gasteiger partial charge in [0.1, 0.15) is 6.10 Å². The summed E-state index contributed by atoms with van der Waals surface area (Å²) in [4.78, 5) is 12.6. The van der Waals surface area contributed by atoms with E-state index in [-0.39, 0.29) is 11.9 Å². The summed E-state index contributed by atoms with van der Waals surface area (Å²) < 4.78 is 30.4. The summed E-state index contributed by atoms with van der Waals surface area (Å²) in [5, 5.41) is 15.3. The molecule has 0 aliphatic carbocycles. The maximum absolute atomic E-state index is 12.6. The van der Waals surface area contributed by atoms with E-state index >= 15 is 0 Å². The van der Waals surface area contributed by atoms with Crippen molar-refractivity contribution in [3.63, 3.8) is 0 Å². The van der Waals surface area contributed by atoms with Crippen LogP contribution >= 0.6 is 11.6 Å². The smallest absolute Gasteiger partial charge is 0.338 e. The normalized spacial score (nSPS) is 19.0. The Labute approximate surface area is 200 Å². The van der Waals surface area contributed by atoms with Crippen molar-refractivity contribution in [2.24, 2.45) is 0 Å². The van der Waals surface area contributed by atoms with Crippen LogP contribution in [-0.2, 0) is 25.5 Å². The standard InChI is InChI=1S/C25H29ClNO5S/c1-24(2)15-22(16-25(3,4)27(24)29)32-23(28)20-9-5-18(6-10-20)13-14-33(30,31)17-19-7-11-21(26)12-8-19/h5-14,22H,15-17H2,1-4H3/b14-13+. The molecular formula is C25H29ClNO5S. The summed E-state index contributed by atoms with van der Waals surface area (Å²) in [5.74, 6) is -0.586. The second-order valence-electron chi connectivity index (χ2n) is 9.71. The Kier molecular flexibility index (Phi) is 7.39. The Morgan fingerprint density at radius 2 is 1.58 bits per heavy atom. The quantitative estimate of drug-likeness (QED) is 0.503. The summed E-state index contributed by atoms with van der Waals surface area (Å²) in [7, 11) is -3.46. The van der Waals surface area contributed by atoms with Crippen LogP contribution in [-0.4, -0.2) is 36.6 Å². The Hall–Kier alpha value is -2.19. The highest BCUT2D eigenvalue weighted by atomic mass is 35.5. The highest BCUT2D eigenvalue weighted by Crippen LogP contribution is 2.38. The number of sulfone groups is 1. The molecule has 0 N–H and O–H groups in total. The molecule has 2 aromatic carbocycles. The van der Waals surface area contributed by atoms with Crippen molar-refractivity contribution in [3.8, 4) is 0 Å². The fourth-order valence-corrected chi connectivity index (χ4v) is 5.49. The van der Waals surface area contributed by atoms with Crippen molar-refractivity contribution in [1.82, 2.24) is 5.06 Å². The Bertz CT molecular complexity index is 1100. The predicted octanol–water partition coefficient (Wildman–Crippen LogP) is 5.45. The second kappa shape index (κ2) is 9.58. The molecule has 177 valence electrons. The SMILES string of the molecule is CC1(C)CC(OC(=O)c2ccc(/C=C/S(=O)(=O)Cc3ccc(Cl)cc3)cc2)CC(C)(C)N1[O]. The molecule has 0 atom stereocenters. The van der Waals surface area contributed by atoms with E-state index in [2.05, 4.69) is 0 Å². The fourth-order valence-electron chi connectivity index (χ4n) is 4.25. The van der Waals surface area contributed by atoms with E-state index in [0.717, 1.165) is 10.5 Å². The zero-order chi connectivity index (χ0) is 24.4. The van der Waals surface area contributed by atoms with E-state index in [9.17, 15) is 18.4 Å². The van der Waals surface area contributed by atoms with E-state index in [1.165, 1.54) is 6.08 Å². The maximum atomic E-state index is 12.6. The van der Waals surface area contributed by atoms with E-state index in [1.807, 2.05) is 27.7 Å². The molecule has 0 aromatic heterocycles. The van der Waals surface area contributed by atoms with E-state index in [0.29, 0.717) is 34.6 Å². The van der Waals surface area contributed by atoms with E-state index in [4.69, 9.17) is 16.3 Å². The molecule has 1 fully saturated rings. The molecule has 1 radical (unpaired) electrons. The van der Waals surface area contributed by atoms with Gasteiger partial charge in [-0.2, -0.15) is 0 Å². The molecule has 0 bridgehead atoms. The van der Waals surface area contributed by atoms with Crippen LogP contribution in [0.15, 0.2) is 53.9 Å². The van der Waals surface area contributed by atoms with Gasteiger partial charge in [-0.1, -0.05) is 35.9 Å². The Morgan fingerprint density at radius 3 is 2.12 bits per heavy atom. The number of esters is 1. The molecule has 1 heterocycles. The molecular weight excluding hydrogens is 462 g/mol. The van der Waals surface area contributed by atoms with Crippen LogP contribution in [0.4, 0.5) is 0 Å². The van der Waals surface area contributed by atoms with Gasteiger partial charge in [-0.3, -0.25) is 0 Å². The first-order valence-corrected chi connectivity index (χ1v) is 12.8. The molecule has 1 saturated heterocycles. The first-order valence-electron chi connectivity index (χ1n) is 10.7. The summed E-state index contributed by atoms with van der Waals surface area (Å²) in [6, 6.07) is 13.2. The van der Waals surface area contributed by atoms with Gasteiger partial charge in [-0.25, -0.2) is 13.2 Å². The molecule has 0 unspecified atom stereocenters. The third-order valence-electron chi connectivity index (χ3n) is 5.72. The van der Waals surface area contributed by atoms with Crippen LogP contribution in [0.25, 0.3) is 6.08 Å². The second-order valence-corrected chi connectivity index (χ2v) is 12.0. The third-order valence-corrected chi connectivity index (χ3v) is 7.26. The van der Waals surface area contributed by atoms with Crippen molar-refractivity contribution in [3.05, 3.63) is 75.7 Å². The highest BCUT2D eigenvalue weighted by molar-refractivity contribution is 7.93. The number of benzene rings is 2. The number of piperidine rings is 1. The zero-order valence-corrected chi connectivity index (χ0v) is 20.8. The lowest BCUT2D eigenvalue weighted by Gasteiger charge is -2.49. The molecule has 33 heavy (non-hydrogen) atoms. The van der Waals surface area contributed by atoms with Gasteiger partial charge < -0.3 is 4.74 Å². The molecule has 2 aromatic rings. The monoisotopic (exact) mass is 490 g/mol. The molecule has 3 rings (SSSR count). The van der Waals surface area contributed by atoms with Crippen LogP contribution in [0.1, 0.15) is 62.0 Å². The number of carbonyl (C=O) groups is 1. The van der Waals surface area contributed by atoms with Gasteiger partial charge in [-0.05, 0) is 69.2 Å². The lowest BCUT2D eigenvalue weighted by molar-refractivity contribution is -0.298. The minimum atomic E-state index is -3.46. The number of hydroxylamine groups is 2. The lowest BCUT2D eigenvalue weighted by Crippen LogP contribution is -2.60.